The van der Waals surface area contributed by atoms with Crippen LogP contribution in [0.4, 0.5) is 0 Å². The minimum atomic E-state index is 0.429. The van der Waals surface area contributed by atoms with Gasteiger partial charge >= 0.3 is 0 Å². The molecule has 16 heavy (non-hydrogen) atoms. The molecule has 0 aliphatic rings. The molecule has 0 aliphatic carbocycles. The Morgan fingerprint density at radius 3 is 2.75 bits per heavy atom. The molecule has 0 aliphatic heterocycles. The number of phenolic OH excluding ortho intramolecular Hbond substituents is 1. The number of hydrogen-bond acceptors (Lipinski definition) is 2. The van der Waals surface area contributed by atoms with Crippen molar-refractivity contribution in [2.45, 2.75) is 40.2 Å². The molecule has 1 aromatic rings. The van der Waals surface area contributed by atoms with Crippen LogP contribution in [0.25, 0.3) is 0 Å². The van der Waals surface area contributed by atoms with Crippen molar-refractivity contribution >= 4 is 0 Å². The molecule has 0 heterocycles. The van der Waals surface area contributed by atoms with E-state index >= 15 is 0 Å². The molecule has 0 bridgehead atoms. The lowest BCUT2D eigenvalue weighted by molar-refractivity contribution is 0.458. The molecule has 0 spiro atoms. The third-order valence-corrected chi connectivity index (χ3v) is 2.77. The maximum Gasteiger partial charge on any atom is 0.122 e. The van der Waals surface area contributed by atoms with Crippen LogP contribution in [0.3, 0.4) is 0 Å². The molecule has 0 aromatic heterocycles. The van der Waals surface area contributed by atoms with Crippen LogP contribution in [0.15, 0.2) is 18.2 Å². The highest BCUT2D eigenvalue weighted by Gasteiger charge is 2.02. The van der Waals surface area contributed by atoms with Crippen molar-refractivity contribution in [3.63, 3.8) is 0 Å². The van der Waals surface area contributed by atoms with Gasteiger partial charge < -0.3 is 10.4 Å². The lowest BCUT2D eigenvalue weighted by Gasteiger charge is -2.09. The van der Waals surface area contributed by atoms with E-state index in [1.54, 1.807) is 0 Å². The van der Waals surface area contributed by atoms with Gasteiger partial charge in [0.05, 0.1) is 0 Å². The van der Waals surface area contributed by atoms with Crippen LogP contribution in [-0.4, -0.2) is 11.7 Å². The highest BCUT2D eigenvalue weighted by Crippen LogP contribution is 2.20. The van der Waals surface area contributed by atoms with E-state index in [2.05, 4.69) is 19.2 Å². The lowest BCUT2D eigenvalue weighted by atomic mass is 10.1. The van der Waals surface area contributed by atoms with Gasteiger partial charge in [0.15, 0.2) is 0 Å². The molecule has 0 fully saturated rings. The Morgan fingerprint density at radius 2 is 2.06 bits per heavy atom. The first-order chi connectivity index (χ1) is 7.61. The van der Waals surface area contributed by atoms with Crippen LogP contribution in [0, 0.1) is 12.8 Å². The molecular weight excluding hydrogens is 198 g/mol. The predicted molar refractivity (Wildman–Crippen MR) is 68.6 cm³/mol. The monoisotopic (exact) mass is 221 g/mol. The van der Waals surface area contributed by atoms with Crippen molar-refractivity contribution in [3.05, 3.63) is 29.3 Å². The van der Waals surface area contributed by atoms with E-state index in [1.807, 2.05) is 25.1 Å². The molecule has 0 saturated heterocycles. The van der Waals surface area contributed by atoms with Gasteiger partial charge in [-0.05, 0) is 37.8 Å². The number of nitrogens with one attached hydrogen (secondary N) is 1. The quantitative estimate of drug-likeness (QED) is 0.723. The highest BCUT2D eigenvalue weighted by atomic mass is 16.3. The first kappa shape index (κ1) is 13.0. The van der Waals surface area contributed by atoms with Gasteiger partial charge in [-0.2, -0.15) is 0 Å². The van der Waals surface area contributed by atoms with E-state index in [0.717, 1.165) is 30.1 Å². The fourth-order valence-corrected chi connectivity index (χ4v) is 1.72. The zero-order valence-corrected chi connectivity index (χ0v) is 10.6. The zero-order chi connectivity index (χ0) is 12.0. The summed E-state index contributed by atoms with van der Waals surface area (Å²) in [5, 5.41) is 13.2. The van der Waals surface area contributed by atoms with Crippen LogP contribution in [0.2, 0.25) is 0 Å². The second kappa shape index (κ2) is 6.54. The summed E-state index contributed by atoms with van der Waals surface area (Å²) in [4.78, 5) is 0. The summed E-state index contributed by atoms with van der Waals surface area (Å²) in [6.07, 6.45) is 2.46. The zero-order valence-electron chi connectivity index (χ0n) is 10.6. The summed E-state index contributed by atoms with van der Waals surface area (Å²) in [7, 11) is 0. The molecule has 0 amide bonds. The van der Waals surface area contributed by atoms with Crippen molar-refractivity contribution < 1.29 is 5.11 Å². The van der Waals surface area contributed by atoms with Gasteiger partial charge in [0.2, 0.25) is 0 Å². The summed E-state index contributed by atoms with van der Waals surface area (Å²) in [6, 6.07) is 5.88. The van der Waals surface area contributed by atoms with Crippen molar-refractivity contribution in [1.82, 2.24) is 5.32 Å². The molecule has 2 N–H and O–H groups in total. The van der Waals surface area contributed by atoms with Crippen molar-refractivity contribution in [2.75, 3.05) is 6.54 Å². The first-order valence-corrected chi connectivity index (χ1v) is 6.09. The molecule has 0 radical (unpaired) electrons. The number of benzene rings is 1. The maximum absolute atomic E-state index is 9.80. The number of aromatic hydroxyl groups is 1. The van der Waals surface area contributed by atoms with E-state index in [9.17, 15) is 5.11 Å². The first-order valence-electron chi connectivity index (χ1n) is 6.09. The maximum atomic E-state index is 9.80. The number of hydrogen-bond donors (Lipinski definition) is 2. The third kappa shape index (κ3) is 4.23. The van der Waals surface area contributed by atoms with Crippen molar-refractivity contribution in [3.8, 4) is 5.75 Å². The van der Waals surface area contributed by atoms with Crippen LogP contribution < -0.4 is 5.32 Å². The van der Waals surface area contributed by atoms with Crippen LogP contribution >= 0.6 is 0 Å². The molecule has 1 rings (SSSR count). The molecule has 0 atom stereocenters. The van der Waals surface area contributed by atoms with Gasteiger partial charge in [-0.3, -0.25) is 0 Å². The van der Waals surface area contributed by atoms with E-state index in [-0.39, 0.29) is 0 Å². The average Bonchev–Trinajstić information content (AvgIpc) is 2.23. The van der Waals surface area contributed by atoms with Gasteiger partial charge in [-0.15, -0.1) is 0 Å². The summed E-state index contributed by atoms with van der Waals surface area (Å²) < 4.78 is 0. The van der Waals surface area contributed by atoms with E-state index in [0.29, 0.717) is 5.75 Å². The molecule has 0 saturated carbocycles. The van der Waals surface area contributed by atoms with Crippen molar-refractivity contribution in [2.24, 2.45) is 5.92 Å². The van der Waals surface area contributed by atoms with Crippen LogP contribution in [0.1, 0.15) is 37.8 Å². The Hall–Kier alpha value is -1.02. The van der Waals surface area contributed by atoms with Crippen LogP contribution in [0.5, 0.6) is 5.75 Å². The fraction of sp³-hybridized carbons (Fsp3) is 0.571. The number of para-hydroxylation sites is 1. The number of rotatable bonds is 6. The van der Waals surface area contributed by atoms with Gasteiger partial charge in [-0.25, -0.2) is 0 Å². The largest absolute Gasteiger partial charge is 0.507 e. The minimum Gasteiger partial charge on any atom is -0.507 e. The Labute approximate surface area is 98.7 Å². The second-order valence-corrected chi connectivity index (χ2v) is 4.80. The van der Waals surface area contributed by atoms with Gasteiger partial charge in [-0.1, -0.05) is 32.0 Å². The Morgan fingerprint density at radius 1 is 1.31 bits per heavy atom. The van der Waals surface area contributed by atoms with E-state index < -0.39 is 0 Å². The summed E-state index contributed by atoms with van der Waals surface area (Å²) >= 11 is 0. The Bertz CT molecular complexity index is 321. The van der Waals surface area contributed by atoms with Gasteiger partial charge in [0.1, 0.15) is 5.75 Å². The summed E-state index contributed by atoms with van der Waals surface area (Å²) in [5.74, 6) is 1.20. The van der Waals surface area contributed by atoms with E-state index in [1.165, 1.54) is 12.8 Å². The average molecular weight is 221 g/mol. The molecule has 2 nitrogen and oxygen atoms in total. The smallest absolute Gasteiger partial charge is 0.122 e. The van der Waals surface area contributed by atoms with Gasteiger partial charge in [0.25, 0.3) is 0 Å². The predicted octanol–water partition coefficient (Wildman–Crippen LogP) is 3.23. The van der Waals surface area contributed by atoms with Gasteiger partial charge in [0, 0.05) is 12.1 Å². The SMILES string of the molecule is Cc1cccc(CNCCCC(C)C)c1O. The van der Waals surface area contributed by atoms with Crippen LogP contribution in [-0.2, 0) is 6.54 Å². The Balaban J connectivity index is 2.29. The normalized spacial score (nSPS) is 11.0. The highest BCUT2D eigenvalue weighted by molar-refractivity contribution is 5.39. The molecule has 0 unspecified atom stereocenters. The molecule has 90 valence electrons. The summed E-state index contributed by atoms with van der Waals surface area (Å²) in [6.45, 7) is 8.19. The topological polar surface area (TPSA) is 32.3 Å². The lowest BCUT2D eigenvalue weighted by Crippen LogP contribution is -2.15. The third-order valence-electron chi connectivity index (χ3n) is 2.77. The molecule has 2 heteroatoms. The number of aryl methyl sites for hydroxylation is 1. The second-order valence-electron chi connectivity index (χ2n) is 4.80. The molecule has 1 aromatic carbocycles. The summed E-state index contributed by atoms with van der Waals surface area (Å²) in [5.41, 5.74) is 1.94. The fourth-order valence-electron chi connectivity index (χ4n) is 1.72. The van der Waals surface area contributed by atoms with E-state index in [4.69, 9.17) is 0 Å². The Kier molecular flexibility index (Phi) is 5.33. The molecular formula is C14H23NO. The number of phenols is 1. The minimum absolute atomic E-state index is 0.429. The standard InChI is InChI=1S/C14H23NO/c1-11(2)6-5-9-15-10-13-8-4-7-12(3)14(13)16/h4,7-8,11,15-16H,5-6,9-10H2,1-3H3. The van der Waals surface area contributed by atoms with Crippen molar-refractivity contribution in [1.29, 1.82) is 0 Å².